The summed E-state index contributed by atoms with van der Waals surface area (Å²) in [5, 5.41) is 3.57. The van der Waals surface area contributed by atoms with Gasteiger partial charge >= 0.3 is 0 Å². The van der Waals surface area contributed by atoms with Crippen molar-refractivity contribution in [2.75, 3.05) is 33.4 Å². The van der Waals surface area contributed by atoms with E-state index in [1.807, 2.05) is 12.1 Å². The van der Waals surface area contributed by atoms with Crippen LogP contribution in [0.5, 0.6) is 0 Å². The maximum absolute atomic E-state index is 13.1. The topological polar surface area (TPSA) is 92.9 Å². The molecule has 0 saturated carbocycles. The van der Waals surface area contributed by atoms with Crippen molar-refractivity contribution in [1.29, 1.82) is 0 Å². The number of aromatic nitrogens is 1. The fourth-order valence-corrected chi connectivity index (χ4v) is 5.99. The summed E-state index contributed by atoms with van der Waals surface area (Å²) < 4.78 is 37.8. The van der Waals surface area contributed by atoms with Crippen LogP contribution < -0.4 is 0 Å². The third kappa shape index (κ3) is 2.38. The first-order chi connectivity index (χ1) is 12.5. The highest BCUT2D eigenvalue weighted by atomic mass is 32.2. The molecular formula is C17H19N3O5S. The molecule has 26 heavy (non-hydrogen) atoms. The predicted molar refractivity (Wildman–Crippen MR) is 90.9 cm³/mol. The van der Waals surface area contributed by atoms with Crippen LogP contribution in [0.2, 0.25) is 0 Å². The second-order valence-electron chi connectivity index (χ2n) is 6.45. The summed E-state index contributed by atoms with van der Waals surface area (Å²) in [7, 11) is -2.10. The standard InChI is InChI=1S/C17H19N3O5S/c1-24-11-10-20-17(13-4-2-3-5-15(13)26(20,22)23)7-9-19(12-17)16(21)14-6-8-18-25-14/h2-6,8H,7,9-12H2,1H3. The molecule has 1 atom stereocenters. The molecule has 2 aromatic rings. The molecule has 3 heterocycles. The second-order valence-corrected chi connectivity index (χ2v) is 8.28. The van der Waals surface area contributed by atoms with E-state index < -0.39 is 15.6 Å². The SMILES string of the molecule is COCCN1C2(CCN(C(=O)c3ccno3)C2)c2ccccc2S1(=O)=O. The molecule has 1 saturated heterocycles. The lowest BCUT2D eigenvalue weighted by Crippen LogP contribution is -2.47. The van der Waals surface area contributed by atoms with E-state index in [0.717, 1.165) is 5.56 Å². The Morgan fingerprint density at radius 3 is 2.88 bits per heavy atom. The number of hydrogen-bond acceptors (Lipinski definition) is 6. The molecule has 0 N–H and O–H groups in total. The van der Waals surface area contributed by atoms with Gasteiger partial charge in [-0.25, -0.2) is 8.42 Å². The molecule has 1 amide bonds. The van der Waals surface area contributed by atoms with E-state index in [1.165, 1.54) is 23.7 Å². The number of hydrogen-bond donors (Lipinski definition) is 0. The smallest absolute Gasteiger partial charge is 0.292 e. The number of likely N-dealkylation sites (tertiary alicyclic amines) is 1. The van der Waals surface area contributed by atoms with Gasteiger partial charge in [0.25, 0.3) is 5.91 Å². The molecular weight excluding hydrogens is 358 g/mol. The molecule has 0 radical (unpaired) electrons. The molecule has 1 aromatic carbocycles. The number of sulfonamides is 1. The summed E-state index contributed by atoms with van der Waals surface area (Å²) in [5.41, 5.74) is -0.0344. The van der Waals surface area contributed by atoms with Gasteiger partial charge in [-0.15, -0.1) is 0 Å². The Bertz CT molecular complexity index is 928. The zero-order valence-electron chi connectivity index (χ0n) is 14.3. The van der Waals surface area contributed by atoms with Gasteiger partial charge in [0.05, 0.1) is 23.2 Å². The Labute approximate surface area is 151 Å². The van der Waals surface area contributed by atoms with Crippen LogP contribution in [0.25, 0.3) is 0 Å². The van der Waals surface area contributed by atoms with Crippen molar-refractivity contribution >= 4 is 15.9 Å². The van der Waals surface area contributed by atoms with Crippen molar-refractivity contribution in [3.63, 3.8) is 0 Å². The quantitative estimate of drug-likeness (QED) is 0.791. The number of fused-ring (bicyclic) bond motifs is 2. The van der Waals surface area contributed by atoms with Gasteiger partial charge in [-0.05, 0) is 18.1 Å². The third-order valence-electron chi connectivity index (χ3n) is 5.12. The van der Waals surface area contributed by atoms with Gasteiger partial charge in [-0.1, -0.05) is 23.4 Å². The van der Waals surface area contributed by atoms with Gasteiger partial charge in [0.1, 0.15) is 0 Å². The van der Waals surface area contributed by atoms with E-state index in [2.05, 4.69) is 5.16 Å². The van der Waals surface area contributed by atoms with Crippen LogP contribution in [0.3, 0.4) is 0 Å². The molecule has 138 valence electrons. The summed E-state index contributed by atoms with van der Waals surface area (Å²) in [6.45, 7) is 1.22. The number of carbonyl (C=O) groups excluding carboxylic acids is 1. The molecule has 9 heteroatoms. The summed E-state index contributed by atoms with van der Waals surface area (Å²) in [6.07, 6.45) is 1.94. The third-order valence-corrected chi connectivity index (χ3v) is 7.14. The highest BCUT2D eigenvalue weighted by molar-refractivity contribution is 7.89. The Morgan fingerprint density at radius 1 is 1.35 bits per heavy atom. The van der Waals surface area contributed by atoms with Gasteiger partial charge in [0.2, 0.25) is 15.8 Å². The van der Waals surface area contributed by atoms with Crippen molar-refractivity contribution in [2.45, 2.75) is 16.9 Å². The Hall–Kier alpha value is -2.23. The largest absolute Gasteiger partial charge is 0.383 e. The van der Waals surface area contributed by atoms with Crippen molar-refractivity contribution in [2.24, 2.45) is 0 Å². The summed E-state index contributed by atoms with van der Waals surface area (Å²) in [4.78, 5) is 14.6. The van der Waals surface area contributed by atoms with Crippen molar-refractivity contribution in [3.05, 3.63) is 47.9 Å². The molecule has 1 spiro atoms. The first-order valence-electron chi connectivity index (χ1n) is 8.32. The molecule has 4 rings (SSSR count). The maximum atomic E-state index is 13.1. The fraction of sp³-hybridized carbons (Fsp3) is 0.412. The second kappa shape index (κ2) is 6.19. The molecule has 0 bridgehead atoms. The highest BCUT2D eigenvalue weighted by Crippen LogP contribution is 2.49. The Kier molecular flexibility index (Phi) is 4.09. The van der Waals surface area contributed by atoms with E-state index in [9.17, 15) is 13.2 Å². The number of ether oxygens (including phenoxy) is 1. The van der Waals surface area contributed by atoms with E-state index >= 15 is 0 Å². The van der Waals surface area contributed by atoms with Gasteiger partial charge in [0, 0.05) is 32.8 Å². The number of nitrogens with zero attached hydrogens (tertiary/aromatic N) is 3. The summed E-state index contributed by atoms with van der Waals surface area (Å²) >= 11 is 0. The lowest BCUT2D eigenvalue weighted by molar-refractivity contribution is 0.0714. The average Bonchev–Trinajstić information content (AvgIpc) is 3.35. The highest BCUT2D eigenvalue weighted by Gasteiger charge is 2.57. The molecule has 8 nitrogen and oxygen atoms in total. The number of rotatable bonds is 4. The van der Waals surface area contributed by atoms with Crippen molar-refractivity contribution in [3.8, 4) is 0 Å². The Morgan fingerprint density at radius 2 is 2.15 bits per heavy atom. The zero-order valence-corrected chi connectivity index (χ0v) is 15.1. The van der Waals surface area contributed by atoms with Crippen molar-refractivity contribution in [1.82, 2.24) is 14.4 Å². The Balaban J connectivity index is 1.74. The minimum absolute atomic E-state index is 0.152. The minimum Gasteiger partial charge on any atom is -0.383 e. The number of amides is 1. The van der Waals surface area contributed by atoms with E-state index in [4.69, 9.17) is 9.26 Å². The van der Waals surface area contributed by atoms with Crippen LogP contribution in [0.15, 0.2) is 45.9 Å². The number of methoxy groups -OCH3 is 1. The van der Waals surface area contributed by atoms with Crippen LogP contribution in [-0.2, 0) is 20.3 Å². The van der Waals surface area contributed by atoms with Crippen LogP contribution >= 0.6 is 0 Å². The van der Waals surface area contributed by atoms with E-state index in [1.54, 1.807) is 17.0 Å². The average molecular weight is 377 g/mol. The van der Waals surface area contributed by atoms with Gasteiger partial charge in [-0.2, -0.15) is 4.31 Å². The van der Waals surface area contributed by atoms with Gasteiger partial charge in [0.15, 0.2) is 0 Å². The van der Waals surface area contributed by atoms with Gasteiger partial charge < -0.3 is 14.2 Å². The van der Waals surface area contributed by atoms with Crippen LogP contribution in [0.1, 0.15) is 22.5 Å². The fourth-order valence-electron chi connectivity index (χ4n) is 3.94. The van der Waals surface area contributed by atoms with Crippen LogP contribution in [0, 0.1) is 0 Å². The summed E-state index contributed by atoms with van der Waals surface area (Å²) in [5.74, 6) is -0.132. The molecule has 0 aliphatic carbocycles. The van der Waals surface area contributed by atoms with E-state index in [-0.39, 0.29) is 31.4 Å². The van der Waals surface area contributed by atoms with Gasteiger partial charge in [-0.3, -0.25) is 4.79 Å². The molecule has 1 unspecified atom stereocenters. The summed E-state index contributed by atoms with van der Waals surface area (Å²) in [6, 6.07) is 8.52. The van der Waals surface area contributed by atoms with Crippen LogP contribution in [0.4, 0.5) is 0 Å². The normalized spacial score (nSPS) is 24.3. The first kappa shape index (κ1) is 17.2. The number of benzene rings is 1. The lowest BCUT2D eigenvalue weighted by Gasteiger charge is -2.33. The zero-order chi connectivity index (χ0) is 18.4. The lowest BCUT2D eigenvalue weighted by atomic mass is 9.89. The minimum atomic E-state index is -3.63. The molecule has 1 aromatic heterocycles. The first-order valence-corrected chi connectivity index (χ1v) is 9.76. The predicted octanol–water partition coefficient (Wildman–Crippen LogP) is 1.07. The molecule has 2 aliphatic heterocycles. The monoisotopic (exact) mass is 377 g/mol. The van der Waals surface area contributed by atoms with Crippen LogP contribution in [-0.4, -0.2) is 62.0 Å². The molecule has 1 fully saturated rings. The molecule has 2 aliphatic rings. The van der Waals surface area contributed by atoms with Crippen molar-refractivity contribution < 1.29 is 22.5 Å². The number of carbonyl (C=O) groups is 1. The maximum Gasteiger partial charge on any atom is 0.292 e. The van der Waals surface area contributed by atoms with E-state index in [0.29, 0.717) is 17.9 Å².